The standard InChI is InChI=1S/C16H21N3O2/c1-10-7-12(8-13(15(10)17)19(20)21)11-5-6-18-14(9-11)16(2,3)4/h7-9H,5-6,17H2,1-4H3. The average molecular weight is 287 g/mol. The topological polar surface area (TPSA) is 81.5 Å². The van der Waals surface area contributed by atoms with Crippen molar-refractivity contribution >= 4 is 22.7 Å². The van der Waals surface area contributed by atoms with Crippen LogP contribution < -0.4 is 5.73 Å². The summed E-state index contributed by atoms with van der Waals surface area (Å²) in [4.78, 5) is 15.2. The Morgan fingerprint density at radius 2 is 2.00 bits per heavy atom. The lowest BCUT2D eigenvalue weighted by molar-refractivity contribution is -0.383. The molecule has 0 radical (unpaired) electrons. The number of dihydropyridines is 1. The Morgan fingerprint density at radius 1 is 1.33 bits per heavy atom. The molecule has 1 aromatic carbocycles. The normalized spacial score (nSPS) is 15.4. The van der Waals surface area contributed by atoms with E-state index in [4.69, 9.17) is 5.73 Å². The van der Waals surface area contributed by atoms with Crippen LogP contribution in [0.4, 0.5) is 11.4 Å². The van der Waals surface area contributed by atoms with Gasteiger partial charge in [0.25, 0.3) is 5.69 Å². The van der Waals surface area contributed by atoms with Crippen LogP contribution in [-0.2, 0) is 0 Å². The summed E-state index contributed by atoms with van der Waals surface area (Å²) in [7, 11) is 0. The maximum atomic E-state index is 11.1. The lowest BCUT2D eigenvalue weighted by atomic mass is 9.85. The van der Waals surface area contributed by atoms with Crippen molar-refractivity contribution in [2.75, 3.05) is 12.3 Å². The van der Waals surface area contributed by atoms with Gasteiger partial charge in [-0.05, 0) is 42.2 Å². The predicted molar refractivity (Wildman–Crippen MR) is 86.6 cm³/mol. The van der Waals surface area contributed by atoms with Gasteiger partial charge in [-0.15, -0.1) is 0 Å². The highest BCUT2D eigenvalue weighted by Gasteiger charge is 2.22. The van der Waals surface area contributed by atoms with E-state index in [9.17, 15) is 10.1 Å². The molecule has 0 amide bonds. The van der Waals surface area contributed by atoms with E-state index in [2.05, 4.69) is 31.8 Å². The highest BCUT2D eigenvalue weighted by Crippen LogP contribution is 2.33. The van der Waals surface area contributed by atoms with Gasteiger partial charge in [0.05, 0.1) is 4.92 Å². The molecule has 0 saturated carbocycles. The van der Waals surface area contributed by atoms with Crippen LogP contribution >= 0.6 is 0 Å². The van der Waals surface area contributed by atoms with Gasteiger partial charge in [-0.1, -0.05) is 20.8 Å². The summed E-state index contributed by atoms with van der Waals surface area (Å²) in [6, 6.07) is 3.49. The summed E-state index contributed by atoms with van der Waals surface area (Å²) in [5.74, 6) is 0. The Balaban J connectivity index is 2.50. The Labute approximate surface area is 124 Å². The van der Waals surface area contributed by atoms with E-state index < -0.39 is 4.92 Å². The molecule has 0 saturated heterocycles. The van der Waals surface area contributed by atoms with Crippen molar-refractivity contribution in [3.8, 4) is 0 Å². The van der Waals surface area contributed by atoms with Gasteiger partial charge >= 0.3 is 0 Å². The van der Waals surface area contributed by atoms with Gasteiger partial charge in [0, 0.05) is 23.7 Å². The molecule has 0 bridgehead atoms. The number of nitro groups is 1. The van der Waals surface area contributed by atoms with E-state index in [-0.39, 0.29) is 16.8 Å². The molecule has 2 rings (SSSR count). The highest BCUT2D eigenvalue weighted by molar-refractivity contribution is 6.05. The zero-order chi connectivity index (χ0) is 15.8. The number of nitrogens with two attached hydrogens (primary N) is 1. The van der Waals surface area contributed by atoms with Crippen molar-refractivity contribution in [1.82, 2.24) is 0 Å². The smallest absolute Gasteiger partial charge is 0.292 e. The molecule has 0 atom stereocenters. The molecular weight excluding hydrogens is 266 g/mol. The molecule has 5 heteroatoms. The number of nitrogens with zero attached hydrogens (tertiary/aromatic N) is 2. The molecule has 0 unspecified atom stereocenters. The van der Waals surface area contributed by atoms with Crippen LogP contribution in [0.2, 0.25) is 0 Å². The summed E-state index contributed by atoms with van der Waals surface area (Å²) < 4.78 is 0. The fraction of sp³-hybridized carbons (Fsp3) is 0.438. The van der Waals surface area contributed by atoms with Crippen molar-refractivity contribution in [2.24, 2.45) is 10.4 Å². The first-order valence-electron chi connectivity index (χ1n) is 7.00. The fourth-order valence-corrected chi connectivity index (χ4v) is 2.38. The van der Waals surface area contributed by atoms with Gasteiger partial charge in [-0.2, -0.15) is 0 Å². The van der Waals surface area contributed by atoms with Crippen LogP contribution in [0.3, 0.4) is 0 Å². The molecule has 112 valence electrons. The second kappa shape index (κ2) is 5.31. The number of rotatable bonds is 2. The zero-order valence-corrected chi connectivity index (χ0v) is 12.9. The van der Waals surface area contributed by atoms with Gasteiger partial charge in [0.1, 0.15) is 5.69 Å². The minimum Gasteiger partial charge on any atom is -0.393 e. The molecule has 1 heterocycles. The number of hydrogen-bond acceptors (Lipinski definition) is 4. The summed E-state index contributed by atoms with van der Waals surface area (Å²) in [5, 5.41) is 11.1. The third-order valence-electron chi connectivity index (χ3n) is 3.68. The van der Waals surface area contributed by atoms with E-state index >= 15 is 0 Å². The highest BCUT2D eigenvalue weighted by atomic mass is 16.6. The average Bonchev–Trinajstić information content (AvgIpc) is 2.40. The first-order chi connectivity index (χ1) is 9.70. The summed E-state index contributed by atoms with van der Waals surface area (Å²) in [6.07, 6.45) is 2.85. The van der Waals surface area contributed by atoms with Gasteiger partial charge in [-0.25, -0.2) is 0 Å². The monoisotopic (exact) mass is 287 g/mol. The van der Waals surface area contributed by atoms with Crippen LogP contribution in [0.5, 0.6) is 0 Å². The summed E-state index contributed by atoms with van der Waals surface area (Å²) in [5.41, 5.74) is 9.70. The molecule has 0 aromatic heterocycles. The molecule has 0 spiro atoms. The molecule has 1 aliphatic rings. The van der Waals surface area contributed by atoms with E-state index in [1.165, 1.54) is 0 Å². The molecule has 0 aliphatic carbocycles. The molecule has 1 aromatic rings. The van der Waals surface area contributed by atoms with E-state index in [0.29, 0.717) is 0 Å². The SMILES string of the molecule is Cc1cc(C2=CC(C(C)(C)C)=NCC2)cc([N+](=O)[O-])c1N. The molecule has 0 fully saturated rings. The Kier molecular flexibility index (Phi) is 3.85. The van der Waals surface area contributed by atoms with E-state index in [0.717, 1.165) is 35.4 Å². The molecule has 5 nitrogen and oxygen atoms in total. The fourth-order valence-electron chi connectivity index (χ4n) is 2.38. The lowest BCUT2D eigenvalue weighted by Gasteiger charge is -2.23. The maximum Gasteiger partial charge on any atom is 0.292 e. The van der Waals surface area contributed by atoms with E-state index in [1.54, 1.807) is 13.0 Å². The Bertz CT molecular complexity index is 652. The minimum absolute atomic E-state index is 0.0225. The van der Waals surface area contributed by atoms with Crippen molar-refractivity contribution in [2.45, 2.75) is 34.1 Å². The van der Waals surface area contributed by atoms with E-state index in [1.807, 2.05) is 6.07 Å². The van der Waals surface area contributed by atoms with Gasteiger partial charge < -0.3 is 5.73 Å². The first kappa shape index (κ1) is 15.2. The van der Waals surface area contributed by atoms with Crippen LogP contribution in [0, 0.1) is 22.5 Å². The summed E-state index contributed by atoms with van der Waals surface area (Å²) >= 11 is 0. The Hall–Kier alpha value is -2.17. The largest absolute Gasteiger partial charge is 0.393 e. The second-order valence-corrected chi connectivity index (χ2v) is 6.42. The van der Waals surface area contributed by atoms with Crippen LogP contribution in [0.25, 0.3) is 5.57 Å². The first-order valence-corrected chi connectivity index (χ1v) is 7.00. The predicted octanol–water partition coefficient (Wildman–Crippen LogP) is 3.76. The van der Waals surface area contributed by atoms with Crippen molar-refractivity contribution < 1.29 is 4.92 Å². The van der Waals surface area contributed by atoms with Crippen molar-refractivity contribution in [1.29, 1.82) is 0 Å². The van der Waals surface area contributed by atoms with Gasteiger partial charge in [-0.3, -0.25) is 15.1 Å². The number of allylic oxidation sites excluding steroid dienone is 1. The molecule has 2 N–H and O–H groups in total. The number of benzene rings is 1. The zero-order valence-electron chi connectivity index (χ0n) is 12.9. The molecule has 1 aliphatic heterocycles. The lowest BCUT2D eigenvalue weighted by Crippen LogP contribution is -2.21. The quantitative estimate of drug-likeness (QED) is 0.511. The van der Waals surface area contributed by atoms with Gasteiger partial charge in [0.15, 0.2) is 0 Å². The van der Waals surface area contributed by atoms with Gasteiger partial charge in [0.2, 0.25) is 0 Å². The number of nitrogen functional groups attached to an aromatic ring is 1. The van der Waals surface area contributed by atoms with Crippen LogP contribution in [0.1, 0.15) is 38.3 Å². The third kappa shape index (κ3) is 3.12. The number of aliphatic imine (C=N–C) groups is 1. The maximum absolute atomic E-state index is 11.1. The van der Waals surface area contributed by atoms with Crippen molar-refractivity contribution in [3.63, 3.8) is 0 Å². The minimum atomic E-state index is -0.423. The number of hydrogen-bond donors (Lipinski definition) is 1. The van der Waals surface area contributed by atoms with Crippen molar-refractivity contribution in [3.05, 3.63) is 39.4 Å². The number of nitro benzene ring substituents is 1. The second-order valence-electron chi connectivity index (χ2n) is 6.42. The third-order valence-corrected chi connectivity index (χ3v) is 3.68. The van der Waals surface area contributed by atoms with Crippen LogP contribution in [-0.4, -0.2) is 17.2 Å². The molecular formula is C16H21N3O2. The number of aryl methyl sites for hydroxylation is 1. The van der Waals surface area contributed by atoms with Crippen LogP contribution in [0.15, 0.2) is 23.2 Å². The Morgan fingerprint density at radius 3 is 2.57 bits per heavy atom. The molecule has 21 heavy (non-hydrogen) atoms. The summed E-state index contributed by atoms with van der Waals surface area (Å²) in [6.45, 7) is 8.86. The number of anilines is 1.